The molecule has 0 bridgehead atoms. The van der Waals surface area contributed by atoms with Gasteiger partial charge in [0.15, 0.2) is 5.82 Å². The van der Waals surface area contributed by atoms with Crippen LogP contribution < -0.4 is 11.3 Å². The number of likely N-dealkylation sites (tertiary alicyclic amines) is 1. The number of fused-ring (bicyclic) bond motifs is 1. The number of nitrogens with one attached hydrogen (secondary N) is 1. The maximum Gasteiger partial charge on any atom is 0.293 e. The van der Waals surface area contributed by atoms with Crippen molar-refractivity contribution in [2.75, 3.05) is 13.1 Å². The highest BCUT2D eigenvalue weighted by molar-refractivity contribution is 5.33. The molecule has 3 N–H and O–H groups in total. The Morgan fingerprint density at radius 1 is 1.30 bits per heavy atom. The van der Waals surface area contributed by atoms with E-state index in [0.717, 1.165) is 25.5 Å². The molecule has 2 aliphatic rings. The Balaban J connectivity index is 1.63. The van der Waals surface area contributed by atoms with Crippen molar-refractivity contribution in [3.8, 4) is 0 Å². The summed E-state index contributed by atoms with van der Waals surface area (Å²) in [5, 5.41) is 8.30. The van der Waals surface area contributed by atoms with Crippen molar-refractivity contribution < 1.29 is 0 Å². The van der Waals surface area contributed by atoms with Crippen LogP contribution in [0.2, 0.25) is 0 Å². The molecule has 1 saturated heterocycles. The minimum absolute atomic E-state index is 0.195. The number of nitrogens with two attached hydrogens (primary N) is 1. The van der Waals surface area contributed by atoms with Crippen LogP contribution >= 0.6 is 0 Å². The predicted molar refractivity (Wildman–Crippen MR) is 87.0 cm³/mol. The van der Waals surface area contributed by atoms with E-state index in [9.17, 15) is 4.79 Å². The van der Waals surface area contributed by atoms with E-state index in [-0.39, 0.29) is 5.56 Å². The van der Waals surface area contributed by atoms with Gasteiger partial charge < -0.3 is 10.7 Å². The average Bonchev–Trinajstić information content (AvgIpc) is 2.93. The van der Waals surface area contributed by atoms with Crippen molar-refractivity contribution in [1.82, 2.24) is 24.5 Å². The number of aromatic nitrogens is 4. The molecule has 2 aromatic rings. The summed E-state index contributed by atoms with van der Waals surface area (Å²) in [6.45, 7) is 2.58. The monoisotopic (exact) mass is 316 g/mol. The van der Waals surface area contributed by atoms with Crippen molar-refractivity contribution in [2.24, 2.45) is 11.1 Å². The van der Waals surface area contributed by atoms with Crippen molar-refractivity contribution in [2.45, 2.75) is 51.1 Å². The van der Waals surface area contributed by atoms with E-state index in [1.165, 1.54) is 38.5 Å². The van der Waals surface area contributed by atoms with Crippen LogP contribution in [0.5, 0.6) is 0 Å². The number of hydrogen-bond donors (Lipinski definition) is 2. The normalized spacial score (nSPS) is 24.7. The summed E-state index contributed by atoms with van der Waals surface area (Å²) < 4.78 is 1.81. The first kappa shape index (κ1) is 14.8. The van der Waals surface area contributed by atoms with Crippen molar-refractivity contribution >= 4 is 5.65 Å². The molecular weight excluding hydrogens is 292 g/mol. The van der Waals surface area contributed by atoms with Gasteiger partial charge in [0.25, 0.3) is 5.56 Å². The highest BCUT2D eigenvalue weighted by Crippen LogP contribution is 2.47. The van der Waals surface area contributed by atoms with Crippen LogP contribution in [-0.4, -0.2) is 43.6 Å². The van der Waals surface area contributed by atoms with Gasteiger partial charge in [-0.05, 0) is 44.2 Å². The first-order valence-electron chi connectivity index (χ1n) is 8.59. The highest BCUT2D eigenvalue weighted by atomic mass is 16.1. The molecule has 4 rings (SSSR count). The maximum atomic E-state index is 11.8. The van der Waals surface area contributed by atoms with Gasteiger partial charge >= 0.3 is 0 Å². The molecular formula is C16H24N6O. The second-order valence-electron chi connectivity index (χ2n) is 7.00. The van der Waals surface area contributed by atoms with E-state index in [1.807, 2.05) is 6.20 Å². The van der Waals surface area contributed by atoms with Crippen LogP contribution in [0.15, 0.2) is 17.2 Å². The minimum Gasteiger partial charge on any atom is -0.330 e. The highest BCUT2D eigenvalue weighted by Gasteiger charge is 2.46. The summed E-state index contributed by atoms with van der Waals surface area (Å²) in [5.41, 5.74) is 6.60. The van der Waals surface area contributed by atoms with Crippen LogP contribution in [-0.2, 0) is 6.54 Å². The Morgan fingerprint density at radius 3 is 2.91 bits per heavy atom. The van der Waals surface area contributed by atoms with Crippen molar-refractivity contribution in [3.05, 3.63) is 28.6 Å². The standard InChI is InChI=1S/C16H24N6O/c17-11-16(5-3-6-16)12-4-1-2-8-21(12)10-13-19-20-14-15(23)18-7-9-22(13)14/h7,9,12H,1-6,8,10-11,17H2,(H,18,23). The first-order chi connectivity index (χ1) is 11.2. The van der Waals surface area contributed by atoms with Crippen molar-refractivity contribution in [3.63, 3.8) is 0 Å². The van der Waals surface area contributed by atoms with E-state index in [4.69, 9.17) is 5.73 Å². The maximum absolute atomic E-state index is 11.8. The third kappa shape index (κ3) is 2.38. The minimum atomic E-state index is -0.195. The summed E-state index contributed by atoms with van der Waals surface area (Å²) in [4.78, 5) is 17.0. The molecule has 124 valence electrons. The number of piperidine rings is 1. The van der Waals surface area contributed by atoms with E-state index in [2.05, 4.69) is 20.1 Å². The van der Waals surface area contributed by atoms with Gasteiger partial charge in [0.05, 0.1) is 6.54 Å². The van der Waals surface area contributed by atoms with Gasteiger partial charge in [-0.25, -0.2) is 0 Å². The van der Waals surface area contributed by atoms with Crippen LogP contribution in [0.1, 0.15) is 44.3 Å². The van der Waals surface area contributed by atoms with Gasteiger partial charge in [-0.3, -0.25) is 14.1 Å². The molecule has 1 aliphatic carbocycles. The lowest BCUT2D eigenvalue weighted by molar-refractivity contribution is -0.0218. The molecule has 1 aliphatic heterocycles. The molecule has 2 fully saturated rings. The second-order valence-corrected chi connectivity index (χ2v) is 7.00. The van der Waals surface area contributed by atoms with Crippen LogP contribution in [0, 0.1) is 5.41 Å². The lowest BCUT2D eigenvalue weighted by Crippen LogP contribution is -2.56. The van der Waals surface area contributed by atoms with Gasteiger partial charge in [-0.15, -0.1) is 10.2 Å². The Kier molecular flexibility index (Phi) is 3.69. The molecule has 0 spiro atoms. The average molecular weight is 316 g/mol. The molecule has 1 unspecified atom stereocenters. The lowest BCUT2D eigenvalue weighted by atomic mass is 9.62. The van der Waals surface area contributed by atoms with Crippen LogP contribution in [0.25, 0.3) is 5.65 Å². The Hall–Kier alpha value is -1.73. The second kappa shape index (κ2) is 5.72. The summed E-state index contributed by atoms with van der Waals surface area (Å²) in [6, 6.07) is 0.532. The fourth-order valence-electron chi connectivity index (χ4n) is 4.35. The topological polar surface area (TPSA) is 92.3 Å². The third-order valence-corrected chi connectivity index (χ3v) is 5.83. The van der Waals surface area contributed by atoms with E-state index in [0.29, 0.717) is 17.1 Å². The SMILES string of the molecule is NCC1(C2CCCCN2Cc2nnc3c(=O)[nH]ccn23)CCC1. The zero-order valence-corrected chi connectivity index (χ0v) is 13.4. The molecule has 0 radical (unpaired) electrons. The molecule has 0 aromatic carbocycles. The summed E-state index contributed by atoms with van der Waals surface area (Å²) in [5.74, 6) is 0.837. The summed E-state index contributed by atoms with van der Waals surface area (Å²) in [6.07, 6.45) is 11.0. The third-order valence-electron chi connectivity index (χ3n) is 5.83. The number of H-pyrrole nitrogens is 1. The molecule has 7 nitrogen and oxygen atoms in total. The van der Waals surface area contributed by atoms with Crippen LogP contribution in [0.4, 0.5) is 0 Å². The number of nitrogens with zero attached hydrogens (tertiary/aromatic N) is 4. The largest absolute Gasteiger partial charge is 0.330 e. The van der Waals surface area contributed by atoms with Gasteiger partial charge in [0.1, 0.15) is 0 Å². The number of hydrogen-bond acceptors (Lipinski definition) is 5. The fourth-order valence-corrected chi connectivity index (χ4v) is 4.35. The van der Waals surface area contributed by atoms with Crippen molar-refractivity contribution in [1.29, 1.82) is 0 Å². The quantitative estimate of drug-likeness (QED) is 0.874. The first-order valence-corrected chi connectivity index (χ1v) is 8.59. The Morgan fingerprint density at radius 2 is 2.17 bits per heavy atom. The van der Waals surface area contributed by atoms with E-state index >= 15 is 0 Å². The smallest absolute Gasteiger partial charge is 0.293 e. The van der Waals surface area contributed by atoms with Crippen LogP contribution in [0.3, 0.4) is 0 Å². The number of aromatic amines is 1. The zero-order valence-electron chi connectivity index (χ0n) is 13.4. The summed E-state index contributed by atoms with van der Waals surface area (Å²) >= 11 is 0. The molecule has 3 heterocycles. The molecule has 1 saturated carbocycles. The van der Waals surface area contributed by atoms with Gasteiger partial charge in [-0.2, -0.15) is 0 Å². The van der Waals surface area contributed by atoms with Gasteiger partial charge in [0.2, 0.25) is 5.65 Å². The Labute approximate surface area is 134 Å². The molecule has 2 aromatic heterocycles. The molecule has 23 heavy (non-hydrogen) atoms. The predicted octanol–water partition coefficient (Wildman–Crippen LogP) is 0.901. The lowest BCUT2D eigenvalue weighted by Gasteiger charge is -2.53. The van der Waals surface area contributed by atoms with E-state index in [1.54, 1.807) is 10.6 Å². The Bertz CT molecular complexity index is 741. The molecule has 1 atom stereocenters. The van der Waals surface area contributed by atoms with Gasteiger partial charge in [-0.1, -0.05) is 12.8 Å². The van der Waals surface area contributed by atoms with E-state index < -0.39 is 0 Å². The van der Waals surface area contributed by atoms with Gasteiger partial charge in [0, 0.05) is 18.4 Å². The summed E-state index contributed by atoms with van der Waals surface area (Å²) in [7, 11) is 0. The zero-order chi connectivity index (χ0) is 15.9. The fraction of sp³-hybridized carbons (Fsp3) is 0.688. The molecule has 7 heteroatoms. The number of rotatable bonds is 4. The molecule has 0 amide bonds.